The normalized spacial score (nSPS) is 30.6. The van der Waals surface area contributed by atoms with Gasteiger partial charge in [-0.1, -0.05) is 0 Å². The van der Waals surface area contributed by atoms with Gasteiger partial charge in [0.05, 0.1) is 11.8 Å². The molecule has 0 radical (unpaired) electrons. The predicted octanol–water partition coefficient (Wildman–Crippen LogP) is 2.33. The molecule has 1 amide bonds. The van der Waals surface area contributed by atoms with Crippen LogP contribution in [0.25, 0.3) is 0 Å². The molecule has 3 heterocycles. The molecule has 0 N–H and O–H groups in total. The smallest absolute Gasteiger partial charge is 0.257 e. The van der Waals surface area contributed by atoms with Crippen molar-refractivity contribution in [3.05, 3.63) is 29.8 Å². The maximum atomic E-state index is 13.6. The molecule has 2 aliphatic heterocycles. The van der Waals surface area contributed by atoms with E-state index in [2.05, 4.69) is 4.98 Å². The van der Waals surface area contributed by atoms with Gasteiger partial charge in [-0.05, 0) is 31.7 Å². The summed E-state index contributed by atoms with van der Waals surface area (Å²) in [6, 6.07) is 1.25. The van der Waals surface area contributed by atoms with Crippen LogP contribution in [0.5, 0.6) is 0 Å². The van der Waals surface area contributed by atoms with Crippen molar-refractivity contribution in [3.63, 3.8) is 0 Å². The summed E-state index contributed by atoms with van der Waals surface area (Å²) >= 11 is 0. The van der Waals surface area contributed by atoms with Crippen molar-refractivity contribution in [2.75, 3.05) is 0 Å². The number of carbonyl (C=O) groups is 1. The third kappa shape index (κ3) is 1.78. The van der Waals surface area contributed by atoms with Gasteiger partial charge in [-0.25, -0.2) is 8.78 Å². The standard InChI is InChI=1S/C13H14F2N2O/c14-8-5-9-1-2-10(6-8)17(9)13(18)11-3-4-16-7-12(11)15/h3-4,7-10H,1-2,5-6H2. The van der Waals surface area contributed by atoms with Crippen molar-refractivity contribution in [3.8, 4) is 0 Å². The first-order valence-corrected chi connectivity index (χ1v) is 6.23. The van der Waals surface area contributed by atoms with Crippen LogP contribution >= 0.6 is 0 Å². The number of amides is 1. The molecular formula is C13H14F2N2O. The second kappa shape index (κ2) is 4.30. The number of hydrogen-bond donors (Lipinski definition) is 0. The average molecular weight is 252 g/mol. The Hall–Kier alpha value is -1.52. The molecule has 96 valence electrons. The lowest BCUT2D eigenvalue weighted by atomic mass is 10.00. The summed E-state index contributed by atoms with van der Waals surface area (Å²) in [5.74, 6) is -0.932. The number of piperidine rings is 1. The van der Waals surface area contributed by atoms with E-state index in [0.29, 0.717) is 12.8 Å². The molecule has 18 heavy (non-hydrogen) atoms. The number of aromatic nitrogens is 1. The number of halogens is 2. The van der Waals surface area contributed by atoms with Crippen molar-refractivity contribution in [2.45, 2.75) is 43.9 Å². The number of fused-ring (bicyclic) bond motifs is 2. The van der Waals surface area contributed by atoms with E-state index in [-0.39, 0.29) is 23.6 Å². The number of rotatable bonds is 1. The van der Waals surface area contributed by atoms with Crippen molar-refractivity contribution < 1.29 is 13.6 Å². The monoisotopic (exact) mass is 252 g/mol. The Morgan fingerprint density at radius 2 is 2.00 bits per heavy atom. The van der Waals surface area contributed by atoms with Gasteiger partial charge in [0.25, 0.3) is 5.91 Å². The van der Waals surface area contributed by atoms with Crippen LogP contribution < -0.4 is 0 Å². The highest BCUT2D eigenvalue weighted by Crippen LogP contribution is 2.37. The van der Waals surface area contributed by atoms with Gasteiger partial charge in [0.1, 0.15) is 6.17 Å². The largest absolute Gasteiger partial charge is 0.332 e. The molecule has 1 aromatic heterocycles. The van der Waals surface area contributed by atoms with E-state index < -0.39 is 12.0 Å². The fourth-order valence-electron chi connectivity index (χ4n) is 3.13. The molecule has 3 rings (SSSR count). The molecule has 0 saturated carbocycles. The Morgan fingerprint density at radius 3 is 2.61 bits per heavy atom. The molecular weight excluding hydrogens is 238 g/mol. The van der Waals surface area contributed by atoms with E-state index >= 15 is 0 Å². The van der Waals surface area contributed by atoms with E-state index in [9.17, 15) is 13.6 Å². The molecule has 2 atom stereocenters. The van der Waals surface area contributed by atoms with Crippen LogP contribution in [0.15, 0.2) is 18.5 Å². The van der Waals surface area contributed by atoms with Crippen LogP contribution in [-0.2, 0) is 0 Å². The maximum absolute atomic E-state index is 13.6. The first-order valence-electron chi connectivity index (χ1n) is 6.23. The van der Waals surface area contributed by atoms with E-state index in [1.165, 1.54) is 12.3 Å². The van der Waals surface area contributed by atoms with Gasteiger partial charge < -0.3 is 4.90 Å². The minimum Gasteiger partial charge on any atom is -0.332 e. The van der Waals surface area contributed by atoms with Crippen molar-refractivity contribution in [1.82, 2.24) is 9.88 Å². The van der Waals surface area contributed by atoms with Gasteiger partial charge in [0, 0.05) is 18.3 Å². The molecule has 1 aromatic rings. The highest BCUT2D eigenvalue weighted by atomic mass is 19.1. The average Bonchev–Trinajstić information content (AvgIpc) is 2.61. The number of hydrogen-bond acceptors (Lipinski definition) is 2. The fraction of sp³-hybridized carbons (Fsp3) is 0.538. The van der Waals surface area contributed by atoms with Crippen molar-refractivity contribution in [2.24, 2.45) is 0 Å². The Labute approximate surface area is 104 Å². The van der Waals surface area contributed by atoms with E-state index in [1.807, 2.05) is 0 Å². The minimum absolute atomic E-state index is 0.0409. The second-order valence-corrected chi connectivity index (χ2v) is 5.02. The Kier molecular flexibility index (Phi) is 2.76. The van der Waals surface area contributed by atoms with E-state index in [0.717, 1.165) is 19.0 Å². The van der Waals surface area contributed by atoms with Crippen LogP contribution in [0.1, 0.15) is 36.0 Å². The van der Waals surface area contributed by atoms with Gasteiger partial charge in [-0.3, -0.25) is 9.78 Å². The van der Waals surface area contributed by atoms with Gasteiger partial charge in [-0.2, -0.15) is 0 Å². The fourth-order valence-corrected chi connectivity index (χ4v) is 3.13. The molecule has 2 aliphatic rings. The zero-order valence-corrected chi connectivity index (χ0v) is 9.85. The number of alkyl halides is 1. The summed E-state index contributed by atoms with van der Waals surface area (Å²) < 4.78 is 27.0. The number of carbonyl (C=O) groups excluding carboxylic acids is 1. The summed E-state index contributed by atoms with van der Waals surface area (Å²) in [5, 5.41) is 0. The molecule has 2 bridgehead atoms. The van der Waals surface area contributed by atoms with Crippen molar-refractivity contribution >= 4 is 5.91 Å². The molecule has 2 saturated heterocycles. The summed E-state index contributed by atoms with van der Waals surface area (Å²) in [7, 11) is 0. The quantitative estimate of drug-likeness (QED) is 0.768. The van der Waals surface area contributed by atoms with Gasteiger partial charge >= 0.3 is 0 Å². The molecule has 2 unspecified atom stereocenters. The molecule has 0 spiro atoms. The predicted molar refractivity (Wildman–Crippen MR) is 61.3 cm³/mol. The Morgan fingerprint density at radius 1 is 1.33 bits per heavy atom. The molecule has 0 aromatic carbocycles. The highest BCUT2D eigenvalue weighted by molar-refractivity contribution is 5.95. The maximum Gasteiger partial charge on any atom is 0.257 e. The number of nitrogens with zero attached hydrogens (tertiary/aromatic N) is 2. The topological polar surface area (TPSA) is 33.2 Å². The van der Waals surface area contributed by atoms with Crippen LogP contribution in [0.2, 0.25) is 0 Å². The Bertz CT molecular complexity index is 466. The zero-order valence-electron chi connectivity index (χ0n) is 9.85. The molecule has 5 heteroatoms. The lowest BCUT2D eigenvalue weighted by Crippen LogP contribution is -2.47. The van der Waals surface area contributed by atoms with Crippen LogP contribution in [-0.4, -0.2) is 34.0 Å². The SMILES string of the molecule is O=C(c1ccncc1F)N1C2CCC1CC(F)C2. The van der Waals surface area contributed by atoms with Gasteiger partial charge in [0.2, 0.25) is 0 Å². The molecule has 3 nitrogen and oxygen atoms in total. The Balaban J connectivity index is 1.88. The van der Waals surface area contributed by atoms with Gasteiger partial charge in [0.15, 0.2) is 5.82 Å². The zero-order chi connectivity index (χ0) is 12.7. The van der Waals surface area contributed by atoms with Crippen LogP contribution in [0.3, 0.4) is 0 Å². The van der Waals surface area contributed by atoms with Gasteiger partial charge in [-0.15, -0.1) is 0 Å². The molecule has 0 aliphatic carbocycles. The second-order valence-electron chi connectivity index (χ2n) is 5.02. The third-order valence-electron chi connectivity index (χ3n) is 3.91. The van der Waals surface area contributed by atoms with E-state index in [4.69, 9.17) is 0 Å². The summed E-state index contributed by atoms with van der Waals surface area (Å²) in [6.45, 7) is 0. The minimum atomic E-state index is -0.825. The highest BCUT2D eigenvalue weighted by Gasteiger charge is 2.43. The summed E-state index contributed by atoms with van der Waals surface area (Å²) in [5.41, 5.74) is 0.0409. The summed E-state index contributed by atoms with van der Waals surface area (Å²) in [4.78, 5) is 17.6. The van der Waals surface area contributed by atoms with Crippen molar-refractivity contribution in [1.29, 1.82) is 0 Å². The van der Waals surface area contributed by atoms with Crippen LogP contribution in [0, 0.1) is 5.82 Å². The lowest BCUT2D eigenvalue weighted by Gasteiger charge is -2.36. The third-order valence-corrected chi connectivity index (χ3v) is 3.91. The molecule has 2 fully saturated rings. The lowest BCUT2D eigenvalue weighted by molar-refractivity contribution is 0.0474. The van der Waals surface area contributed by atoms with E-state index in [1.54, 1.807) is 4.90 Å². The number of pyridine rings is 1. The first-order chi connectivity index (χ1) is 8.66. The first kappa shape index (κ1) is 11.6. The van der Waals surface area contributed by atoms with Crippen LogP contribution in [0.4, 0.5) is 8.78 Å². The summed E-state index contributed by atoms with van der Waals surface area (Å²) in [6.07, 6.45) is 4.03.